The highest BCUT2D eigenvalue weighted by molar-refractivity contribution is 6.77. The maximum absolute atomic E-state index is 14.6. The third-order valence-corrected chi connectivity index (χ3v) is 32.9. The molecule has 25 nitrogen and oxygen atoms in total. The first kappa shape index (κ1) is 97.3. The van der Waals surface area contributed by atoms with Gasteiger partial charge < -0.3 is 62.6 Å². The second-order valence-corrected chi connectivity index (χ2v) is 63.3. The minimum absolute atomic E-state index is 0.305. The van der Waals surface area contributed by atoms with E-state index in [4.69, 9.17) is 58.3 Å². The summed E-state index contributed by atoms with van der Waals surface area (Å²) < 4.78 is 92.6. The van der Waals surface area contributed by atoms with Gasteiger partial charge in [0.25, 0.3) is 0 Å². The number of hydrogen-bond acceptors (Lipinski definition) is 19. The number of aromatic amines is 2. The zero-order valence-electron chi connectivity index (χ0n) is 80.0. The Labute approximate surface area is 777 Å². The van der Waals surface area contributed by atoms with Crippen molar-refractivity contribution in [3.8, 4) is 85.2 Å². The molecule has 32 heteroatoms. The summed E-state index contributed by atoms with van der Waals surface area (Å²) in [5.74, 6) is -0.0761. The number of fused-ring (bicyclic) bond motifs is 6. The number of phenols is 3. The number of ketones is 1. The van der Waals surface area contributed by atoms with Crippen molar-refractivity contribution in [2.45, 2.75) is 266 Å². The molecule has 12 aromatic rings. The molecule has 6 aromatic carbocycles. The number of imidazole rings is 3. The van der Waals surface area contributed by atoms with Crippen molar-refractivity contribution in [2.24, 2.45) is 0 Å². The van der Waals surface area contributed by atoms with Gasteiger partial charge in [-0.3, -0.25) is 19.7 Å². The van der Waals surface area contributed by atoms with Crippen LogP contribution in [0.25, 0.3) is 101 Å². The predicted octanol–water partition coefficient (Wildman–Crippen LogP) is 21.1. The van der Waals surface area contributed by atoms with Crippen LogP contribution in [-0.2, 0) is 123 Å². The standard InChI is InChI=1S/C37H54FN5O4Si2.C33H47FN4O3Si2.C25H26FN5O2.C5H8O2/c1-8-26-20-35(44)31(38)21-30(26)27-9-10-29-33(19-27)43(25-47-16-18-49(5,6)7)40-36(29)37-39-32-22-41(28-11-13-45-14-12-28)23-34(32)42(37)24-46-15-17-48(2,3)4;1-8-23-19-31(39)27(34)20-26(23)24-12-13-25-30(18-24)38(22-41-15-17-43(5,6)7)36-32(25)33-35-28-10-9-11-29(28)37(33)21-40-14-16-42(2,3)4;1-2-14-10-23(32)19(26)11-18(14)15-3-4-17-20(9-15)29-30-24(17)25-27-21-12-31(13-22(21)28-25)16-5-7-33-8-6-16;6-5-1-3-7-4-2-5/h9-10,19-21,28,44H,8,11-18,22-25H2,1-7H3;12-13,18-20,39H,8-11,14-17,21-22H2,1-7H3;3-4,9-11,16,32H,2,5-8,12-13H2,1H3,(H,27,28)(H,29,30);1-4H2. The third kappa shape index (κ3) is 23.6. The van der Waals surface area contributed by atoms with E-state index >= 15 is 0 Å². The van der Waals surface area contributed by atoms with E-state index < -0.39 is 49.7 Å². The molecule has 0 saturated carbocycles. The van der Waals surface area contributed by atoms with E-state index in [0.717, 1.165) is 275 Å². The van der Waals surface area contributed by atoms with Crippen molar-refractivity contribution in [1.82, 2.24) is 68.6 Å². The zero-order chi connectivity index (χ0) is 93.5. The molecule has 0 spiro atoms. The number of Topliss-reactive ketones (excluding diaryl/α,β-unsaturated/α-hetero) is 1. The van der Waals surface area contributed by atoms with E-state index in [0.29, 0.717) is 103 Å². The molecule has 5 aliphatic heterocycles. The maximum Gasteiger partial charge on any atom is 0.165 e. The van der Waals surface area contributed by atoms with E-state index in [9.17, 15) is 33.3 Å². The number of aromatic nitrogens is 12. The van der Waals surface area contributed by atoms with Crippen LogP contribution in [0.1, 0.15) is 117 Å². The van der Waals surface area contributed by atoms with Crippen molar-refractivity contribution < 1.29 is 66.4 Å². The second kappa shape index (κ2) is 42.3. The summed E-state index contributed by atoms with van der Waals surface area (Å²) in [6, 6.07) is 32.4. The lowest BCUT2D eigenvalue weighted by Gasteiger charge is -2.30. The van der Waals surface area contributed by atoms with Crippen LogP contribution in [0.3, 0.4) is 0 Å². The highest BCUT2D eigenvalue weighted by atomic mass is 28.3. The van der Waals surface area contributed by atoms with Crippen molar-refractivity contribution in [2.75, 3.05) is 66.1 Å². The molecule has 3 fully saturated rings. The van der Waals surface area contributed by atoms with Gasteiger partial charge in [-0.1, -0.05) is 118 Å². The monoisotopic (exact) mass is 1880 g/mol. The van der Waals surface area contributed by atoms with Crippen LogP contribution in [0, 0.1) is 17.5 Å². The van der Waals surface area contributed by atoms with Gasteiger partial charge >= 0.3 is 0 Å². The summed E-state index contributed by atoms with van der Waals surface area (Å²) in [5.41, 5.74) is 19.6. The van der Waals surface area contributed by atoms with Gasteiger partial charge in [-0.15, -0.1) is 0 Å². The molecule has 0 bridgehead atoms. The van der Waals surface area contributed by atoms with E-state index in [1.807, 2.05) is 60.5 Å². The molecule has 0 radical (unpaired) electrons. The van der Waals surface area contributed by atoms with E-state index in [1.165, 1.54) is 47.8 Å². The van der Waals surface area contributed by atoms with Crippen LogP contribution in [0.15, 0.2) is 91.0 Å². The van der Waals surface area contributed by atoms with Gasteiger partial charge in [0, 0.05) is 158 Å². The van der Waals surface area contributed by atoms with Crippen LogP contribution >= 0.6 is 0 Å². The van der Waals surface area contributed by atoms with Crippen LogP contribution in [0.4, 0.5) is 13.2 Å². The average molecular weight is 1880 g/mol. The third-order valence-electron chi connectivity index (χ3n) is 26.0. The first-order chi connectivity index (χ1) is 63.1. The van der Waals surface area contributed by atoms with Gasteiger partial charge in [-0.2, -0.15) is 15.3 Å². The Hall–Kier alpha value is -9.27. The molecule has 6 aliphatic rings. The predicted molar refractivity (Wildman–Crippen MR) is 525 cm³/mol. The molecule has 132 heavy (non-hydrogen) atoms. The molecular weight excluding hydrogens is 1740 g/mol. The molecule has 3 saturated heterocycles. The van der Waals surface area contributed by atoms with Gasteiger partial charge in [-0.05, 0) is 211 Å². The van der Waals surface area contributed by atoms with Crippen LogP contribution in [0.5, 0.6) is 17.2 Å². The molecular formula is C100H135F3N14O11Si4. The van der Waals surface area contributed by atoms with Gasteiger partial charge in [-0.25, -0.2) is 37.5 Å². The Balaban J connectivity index is 0.000000148. The Kier molecular flexibility index (Phi) is 31.2. The van der Waals surface area contributed by atoms with Gasteiger partial charge in [0.2, 0.25) is 0 Å². The lowest BCUT2D eigenvalue weighted by Crippen LogP contribution is -2.36. The summed E-state index contributed by atoms with van der Waals surface area (Å²) in [6.07, 6.45) is 10.6. The zero-order valence-corrected chi connectivity index (χ0v) is 84.0. The molecule has 0 amide bonds. The normalized spacial score (nSPS) is 16.0. The largest absolute Gasteiger partial charge is 0.505 e. The number of carbonyl (C=O) groups excluding carboxylic acids is 1. The van der Waals surface area contributed by atoms with Crippen molar-refractivity contribution >= 4 is 70.8 Å². The van der Waals surface area contributed by atoms with Crippen molar-refractivity contribution in [1.29, 1.82) is 0 Å². The van der Waals surface area contributed by atoms with Crippen LogP contribution in [0.2, 0.25) is 103 Å². The SMILES string of the molecule is CCc1cc(O)c(F)cc1-c1ccc2c(-c3nc4c([nH]3)CN(C3CCOCC3)C4)n[nH]c2c1.CCc1cc(O)c(F)cc1-c1ccc2c(-c3nc4c(n3COCC[Si](C)(C)C)CCC4)nn(COCC[Si](C)(C)C)c2c1.CCc1cc(O)c(F)cc1-c1ccc2c(-c3nc4c(n3COCC[Si](C)(C)C)CN(C3CCOCC3)C4)nn(COCC[Si](C)(C)C)c2c1.O=C1CCOCC1. The Morgan fingerprint density at radius 2 is 0.848 bits per heavy atom. The molecule has 708 valence electrons. The highest BCUT2D eigenvalue weighted by Crippen LogP contribution is 2.43. The number of hydrogen-bond donors (Lipinski definition) is 5. The smallest absolute Gasteiger partial charge is 0.165 e. The molecule has 11 heterocycles. The van der Waals surface area contributed by atoms with E-state index in [-0.39, 0.29) is 17.2 Å². The number of halogens is 3. The molecule has 18 rings (SSSR count). The number of aromatic hydroxyl groups is 3. The van der Waals surface area contributed by atoms with Crippen LogP contribution in [-0.4, -0.2) is 200 Å². The fourth-order valence-corrected chi connectivity index (χ4v) is 21.1. The molecule has 0 atom stereocenters. The Bertz CT molecular complexity index is 6010. The number of benzene rings is 6. The Morgan fingerprint density at radius 1 is 0.439 bits per heavy atom. The first-order valence-electron chi connectivity index (χ1n) is 47.5. The minimum Gasteiger partial charge on any atom is -0.505 e. The highest BCUT2D eigenvalue weighted by Gasteiger charge is 2.36. The minimum atomic E-state index is -1.27. The molecule has 5 N–H and O–H groups in total. The van der Waals surface area contributed by atoms with Gasteiger partial charge in [0.15, 0.2) is 52.2 Å². The number of nitrogens with zero attached hydrogens (tertiary/aromatic N) is 12. The number of aryl methyl sites for hydroxylation is 4. The van der Waals surface area contributed by atoms with Gasteiger partial charge in [0.1, 0.15) is 49.8 Å². The maximum atomic E-state index is 14.6. The second-order valence-electron chi connectivity index (χ2n) is 40.9. The van der Waals surface area contributed by atoms with Crippen molar-refractivity contribution in [3.63, 3.8) is 0 Å². The molecule has 1 aliphatic carbocycles. The molecule has 6 aromatic heterocycles. The lowest BCUT2D eigenvalue weighted by molar-refractivity contribution is -0.124. The van der Waals surface area contributed by atoms with E-state index in [2.05, 4.69) is 137 Å². The fourth-order valence-electron chi connectivity index (χ4n) is 18.0. The summed E-state index contributed by atoms with van der Waals surface area (Å²) in [4.78, 5) is 34.2. The van der Waals surface area contributed by atoms with Crippen LogP contribution < -0.4 is 0 Å². The number of phenolic OH excluding ortho intramolecular Hbond substituents is 3. The Morgan fingerprint density at radius 3 is 1.28 bits per heavy atom. The molecule has 0 unspecified atom stereocenters. The van der Waals surface area contributed by atoms with E-state index in [1.54, 1.807) is 0 Å². The summed E-state index contributed by atoms with van der Waals surface area (Å²) in [6.45, 7) is 46.6. The topological polar surface area (TPSA) is 277 Å². The average Bonchev–Trinajstić information content (AvgIpc) is 1.59. The number of carbonyl (C=O) groups is 1. The summed E-state index contributed by atoms with van der Waals surface area (Å²) in [7, 11) is -4.97. The number of nitrogens with one attached hydrogen (secondary N) is 2. The van der Waals surface area contributed by atoms with Gasteiger partial charge in [0.05, 0.1) is 58.2 Å². The van der Waals surface area contributed by atoms with Crippen molar-refractivity contribution in [3.05, 3.63) is 159 Å². The quantitative estimate of drug-likeness (QED) is 0.0199. The lowest BCUT2D eigenvalue weighted by atomic mass is 9.96. The summed E-state index contributed by atoms with van der Waals surface area (Å²) in [5, 5.41) is 50.6. The summed E-state index contributed by atoms with van der Waals surface area (Å²) >= 11 is 0. The first-order valence-corrected chi connectivity index (χ1v) is 62.3. The number of ether oxygens (including phenoxy) is 7. The number of H-pyrrole nitrogens is 2. The number of rotatable bonds is 31. The fraction of sp³-hybridized carbons (Fsp3) is 0.510.